The van der Waals surface area contributed by atoms with Crippen LogP contribution in [0.3, 0.4) is 0 Å². The second-order valence-electron chi connectivity index (χ2n) is 14.3. The van der Waals surface area contributed by atoms with E-state index in [0.717, 1.165) is 49.6 Å². The molecular formula is C51H29N3OS. The summed E-state index contributed by atoms with van der Waals surface area (Å²) in [5.74, 6) is 1.90. The minimum absolute atomic E-state index is 0.615. The number of rotatable bonds is 4. The lowest BCUT2D eigenvalue weighted by Crippen LogP contribution is -2.00. The van der Waals surface area contributed by atoms with E-state index in [1.807, 2.05) is 29.5 Å². The van der Waals surface area contributed by atoms with Crippen LogP contribution in [-0.4, -0.2) is 15.0 Å². The SMILES string of the molecule is c1ccc(-c2nc(-c3ccc4oc5cc(-c6cccc7ccccc67)c6ccccc6c5c4c3)nc(-c3cccc4sc5c6ccccc6ccc5c34)n2)cc1. The molecule has 9 aromatic carbocycles. The van der Waals surface area contributed by atoms with Crippen LogP contribution in [-0.2, 0) is 0 Å². The minimum atomic E-state index is 0.615. The lowest BCUT2D eigenvalue weighted by atomic mass is 9.92. The highest BCUT2D eigenvalue weighted by atomic mass is 32.1. The molecule has 12 rings (SSSR count). The zero-order chi connectivity index (χ0) is 36.7. The highest BCUT2D eigenvalue weighted by Crippen LogP contribution is 2.44. The van der Waals surface area contributed by atoms with E-state index in [-0.39, 0.29) is 0 Å². The first kappa shape index (κ1) is 31.2. The predicted octanol–water partition coefficient (Wildman–Crippen LogP) is 14.3. The van der Waals surface area contributed by atoms with Crippen molar-refractivity contribution >= 4 is 85.8 Å². The first-order valence-electron chi connectivity index (χ1n) is 18.8. The van der Waals surface area contributed by atoms with Crippen molar-refractivity contribution in [2.75, 3.05) is 0 Å². The quantitative estimate of drug-likeness (QED) is 0.181. The molecule has 0 atom stereocenters. The van der Waals surface area contributed by atoms with Crippen molar-refractivity contribution in [2.24, 2.45) is 0 Å². The van der Waals surface area contributed by atoms with Gasteiger partial charge < -0.3 is 4.42 Å². The average Bonchev–Trinajstić information content (AvgIpc) is 3.85. The predicted molar refractivity (Wildman–Crippen MR) is 234 cm³/mol. The van der Waals surface area contributed by atoms with Crippen molar-refractivity contribution in [1.82, 2.24) is 15.0 Å². The summed E-state index contributed by atoms with van der Waals surface area (Å²) >= 11 is 1.82. The number of thiophene rings is 1. The van der Waals surface area contributed by atoms with Gasteiger partial charge in [-0.2, -0.15) is 0 Å². The van der Waals surface area contributed by atoms with Crippen molar-refractivity contribution in [2.45, 2.75) is 0 Å². The maximum absolute atomic E-state index is 6.67. The van der Waals surface area contributed by atoms with Gasteiger partial charge in [0.05, 0.1) is 0 Å². The summed E-state index contributed by atoms with van der Waals surface area (Å²) in [5.41, 5.74) is 6.85. The van der Waals surface area contributed by atoms with Gasteiger partial charge in [-0.1, -0.05) is 146 Å². The van der Waals surface area contributed by atoms with E-state index >= 15 is 0 Å². The monoisotopic (exact) mass is 731 g/mol. The van der Waals surface area contributed by atoms with Crippen LogP contribution in [0.1, 0.15) is 0 Å². The van der Waals surface area contributed by atoms with Crippen LogP contribution < -0.4 is 0 Å². The van der Waals surface area contributed by atoms with Gasteiger partial charge in [-0.05, 0) is 73.8 Å². The summed E-state index contributed by atoms with van der Waals surface area (Å²) in [6.07, 6.45) is 0. The van der Waals surface area contributed by atoms with Gasteiger partial charge in [0.25, 0.3) is 0 Å². The van der Waals surface area contributed by atoms with E-state index in [2.05, 4.69) is 158 Å². The van der Waals surface area contributed by atoms with Crippen molar-refractivity contribution < 1.29 is 4.42 Å². The van der Waals surface area contributed by atoms with Crippen LogP contribution in [0.2, 0.25) is 0 Å². The molecule has 0 saturated carbocycles. The Bertz CT molecular complexity index is 3540. The number of aromatic nitrogens is 3. The topological polar surface area (TPSA) is 51.8 Å². The lowest BCUT2D eigenvalue weighted by Gasteiger charge is -2.11. The molecule has 0 spiro atoms. The van der Waals surface area contributed by atoms with Gasteiger partial charge in [0.1, 0.15) is 11.2 Å². The standard InChI is InChI=1S/C51H29N3OS/c1-2-14-32(15-3-1)49-52-50(54-51(53-49)40-22-11-23-45-47(40)39-26-24-31-13-5-7-18-35(31)48(39)56-45)33-25-27-43-42(28-33)46-38-20-9-8-19-37(38)41(29-44(46)55-43)36-21-10-16-30-12-4-6-17-34(30)36/h1-29H. The molecule has 0 bridgehead atoms. The van der Waals surface area contributed by atoms with Crippen LogP contribution in [0.5, 0.6) is 0 Å². The van der Waals surface area contributed by atoms with E-state index in [4.69, 9.17) is 19.4 Å². The number of hydrogen-bond acceptors (Lipinski definition) is 5. The van der Waals surface area contributed by atoms with Gasteiger partial charge in [0.2, 0.25) is 0 Å². The fourth-order valence-corrected chi connectivity index (χ4v) is 9.81. The molecule has 0 aliphatic carbocycles. The summed E-state index contributed by atoms with van der Waals surface area (Å²) in [7, 11) is 0. The Morgan fingerprint density at radius 2 is 1.02 bits per heavy atom. The molecule has 4 nitrogen and oxygen atoms in total. The summed E-state index contributed by atoms with van der Waals surface area (Å²) in [4.78, 5) is 15.6. The fourth-order valence-electron chi connectivity index (χ4n) is 8.54. The molecule has 0 saturated heterocycles. The second-order valence-corrected chi connectivity index (χ2v) is 15.4. The number of hydrogen-bond donors (Lipinski definition) is 0. The molecule has 0 N–H and O–H groups in total. The summed E-state index contributed by atoms with van der Waals surface area (Å²) < 4.78 is 9.15. The minimum Gasteiger partial charge on any atom is -0.456 e. The summed E-state index contributed by atoms with van der Waals surface area (Å²) in [5, 5.41) is 11.8. The molecule has 0 aliphatic rings. The van der Waals surface area contributed by atoms with Gasteiger partial charge in [-0.15, -0.1) is 11.3 Å². The third kappa shape index (κ3) is 4.75. The molecular weight excluding hydrogens is 703 g/mol. The first-order valence-corrected chi connectivity index (χ1v) is 19.6. The van der Waals surface area contributed by atoms with Crippen LogP contribution >= 0.6 is 11.3 Å². The Hall–Kier alpha value is -7.21. The smallest absolute Gasteiger partial charge is 0.164 e. The van der Waals surface area contributed by atoms with Gasteiger partial charge in [0.15, 0.2) is 17.5 Å². The Kier molecular flexibility index (Phi) is 6.76. The molecule has 260 valence electrons. The zero-order valence-electron chi connectivity index (χ0n) is 29.9. The van der Waals surface area contributed by atoms with Crippen LogP contribution in [0.25, 0.3) is 120 Å². The molecule has 3 aromatic heterocycles. The fraction of sp³-hybridized carbons (Fsp3) is 0. The van der Waals surface area contributed by atoms with Crippen molar-refractivity contribution in [3.63, 3.8) is 0 Å². The molecule has 0 amide bonds. The van der Waals surface area contributed by atoms with E-state index < -0.39 is 0 Å². The van der Waals surface area contributed by atoms with Gasteiger partial charge in [-0.25, -0.2) is 15.0 Å². The van der Waals surface area contributed by atoms with E-state index in [0.29, 0.717) is 17.5 Å². The Labute approximate surface area is 325 Å². The largest absolute Gasteiger partial charge is 0.456 e. The average molecular weight is 732 g/mol. The normalized spacial score (nSPS) is 11.9. The number of nitrogens with zero attached hydrogens (tertiary/aromatic N) is 3. The van der Waals surface area contributed by atoms with Gasteiger partial charge in [0, 0.05) is 47.6 Å². The van der Waals surface area contributed by atoms with Crippen LogP contribution in [0, 0.1) is 0 Å². The number of furan rings is 1. The number of fused-ring (bicyclic) bond motifs is 11. The van der Waals surface area contributed by atoms with Crippen molar-refractivity contribution in [3.8, 4) is 45.3 Å². The van der Waals surface area contributed by atoms with Crippen LogP contribution in [0.15, 0.2) is 180 Å². The van der Waals surface area contributed by atoms with Gasteiger partial charge in [-0.3, -0.25) is 0 Å². The van der Waals surface area contributed by atoms with Crippen molar-refractivity contribution in [1.29, 1.82) is 0 Å². The molecule has 12 aromatic rings. The molecule has 0 aliphatic heterocycles. The summed E-state index contributed by atoms with van der Waals surface area (Å²) in [6, 6.07) is 62.0. The maximum Gasteiger partial charge on any atom is 0.164 e. The second kappa shape index (κ2) is 12.2. The third-order valence-electron chi connectivity index (χ3n) is 11.1. The number of benzene rings is 9. The summed E-state index contributed by atoms with van der Waals surface area (Å²) in [6.45, 7) is 0. The Morgan fingerprint density at radius 1 is 0.357 bits per heavy atom. The zero-order valence-corrected chi connectivity index (χ0v) is 30.7. The molecule has 0 unspecified atom stereocenters. The maximum atomic E-state index is 6.67. The molecule has 3 heterocycles. The van der Waals surface area contributed by atoms with E-state index in [1.54, 1.807) is 0 Å². The Morgan fingerprint density at radius 3 is 1.88 bits per heavy atom. The lowest BCUT2D eigenvalue weighted by molar-refractivity contribution is 0.669. The third-order valence-corrected chi connectivity index (χ3v) is 12.3. The molecule has 5 heteroatoms. The molecule has 0 radical (unpaired) electrons. The molecule has 0 fully saturated rings. The highest BCUT2D eigenvalue weighted by Gasteiger charge is 2.20. The van der Waals surface area contributed by atoms with Gasteiger partial charge >= 0.3 is 0 Å². The highest BCUT2D eigenvalue weighted by molar-refractivity contribution is 7.26. The van der Waals surface area contributed by atoms with Crippen LogP contribution in [0.4, 0.5) is 0 Å². The first-order chi connectivity index (χ1) is 27.7. The molecule has 56 heavy (non-hydrogen) atoms. The van der Waals surface area contributed by atoms with Crippen molar-refractivity contribution in [3.05, 3.63) is 176 Å². The van der Waals surface area contributed by atoms with E-state index in [1.165, 1.54) is 52.7 Å². The Balaban J connectivity index is 1.09. The van der Waals surface area contributed by atoms with E-state index in [9.17, 15) is 0 Å².